The highest BCUT2D eigenvalue weighted by Crippen LogP contribution is 2.16. The summed E-state index contributed by atoms with van der Waals surface area (Å²) in [6.45, 7) is 0. The summed E-state index contributed by atoms with van der Waals surface area (Å²) in [5.41, 5.74) is 1.62. The smallest absolute Gasteiger partial charge is 0.225 e. The molecule has 0 amide bonds. The van der Waals surface area contributed by atoms with Gasteiger partial charge in [-0.3, -0.25) is 19.9 Å². The van der Waals surface area contributed by atoms with Crippen LogP contribution in [0.2, 0.25) is 0 Å². The Hall–Kier alpha value is -2.54. The van der Waals surface area contributed by atoms with E-state index >= 15 is 0 Å². The lowest BCUT2D eigenvalue weighted by atomic mass is 10.4. The van der Waals surface area contributed by atoms with Gasteiger partial charge < -0.3 is 5.32 Å². The Labute approximate surface area is 113 Å². The van der Waals surface area contributed by atoms with Gasteiger partial charge in [0.1, 0.15) is 0 Å². The summed E-state index contributed by atoms with van der Waals surface area (Å²) in [6, 6.07) is 7.44. The maximum atomic E-state index is 7.93. The molecule has 19 heavy (non-hydrogen) atoms. The summed E-state index contributed by atoms with van der Waals surface area (Å²) in [6.07, 6.45) is 6.80. The molecule has 0 aromatic carbocycles. The minimum Gasteiger partial charge on any atom is -0.323 e. The molecule has 0 aliphatic rings. The van der Waals surface area contributed by atoms with E-state index in [0.29, 0.717) is 10.7 Å². The van der Waals surface area contributed by atoms with Gasteiger partial charge in [-0.15, -0.1) is 0 Å². The predicted octanol–water partition coefficient (Wildman–Crippen LogP) is 1.95. The SMILES string of the molecule is N=c1snc(Nc2cccnc2)n1-c1cccnc1. The Morgan fingerprint density at radius 3 is 2.58 bits per heavy atom. The van der Waals surface area contributed by atoms with Gasteiger partial charge in [-0.05, 0) is 24.3 Å². The third kappa shape index (κ3) is 2.36. The van der Waals surface area contributed by atoms with E-state index in [0.717, 1.165) is 22.9 Å². The lowest BCUT2D eigenvalue weighted by Gasteiger charge is -2.08. The van der Waals surface area contributed by atoms with Crippen LogP contribution < -0.4 is 10.1 Å². The minimum absolute atomic E-state index is 0.333. The molecule has 0 bridgehead atoms. The largest absolute Gasteiger partial charge is 0.323 e. The second kappa shape index (κ2) is 4.99. The molecule has 0 radical (unpaired) electrons. The Kier molecular flexibility index (Phi) is 3.03. The lowest BCUT2D eigenvalue weighted by Crippen LogP contribution is -2.13. The Morgan fingerprint density at radius 2 is 1.89 bits per heavy atom. The average Bonchev–Trinajstić information content (AvgIpc) is 2.82. The molecule has 3 rings (SSSR count). The number of nitrogens with zero attached hydrogens (tertiary/aromatic N) is 4. The summed E-state index contributed by atoms with van der Waals surface area (Å²) in [5.74, 6) is 0.580. The van der Waals surface area contributed by atoms with Crippen LogP contribution in [-0.2, 0) is 0 Å². The lowest BCUT2D eigenvalue weighted by molar-refractivity contribution is 0.962. The zero-order valence-electron chi connectivity index (χ0n) is 9.82. The van der Waals surface area contributed by atoms with Crippen molar-refractivity contribution >= 4 is 23.2 Å². The summed E-state index contributed by atoms with van der Waals surface area (Å²) >= 11 is 1.11. The second-order valence-electron chi connectivity index (χ2n) is 3.72. The molecule has 3 aromatic rings. The first-order valence-electron chi connectivity index (χ1n) is 5.55. The maximum absolute atomic E-state index is 7.93. The highest BCUT2D eigenvalue weighted by Gasteiger charge is 2.08. The molecule has 0 saturated heterocycles. The van der Waals surface area contributed by atoms with Crippen LogP contribution in [0.5, 0.6) is 0 Å². The van der Waals surface area contributed by atoms with Crippen molar-refractivity contribution in [2.24, 2.45) is 0 Å². The monoisotopic (exact) mass is 270 g/mol. The Balaban J connectivity index is 2.03. The highest BCUT2D eigenvalue weighted by atomic mass is 32.1. The van der Waals surface area contributed by atoms with E-state index in [2.05, 4.69) is 19.7 Å². The van der Waals surface area contributed by atoms with Gasteiger partial charge in [0.25, 0.3) is 0 Å². The van der Waals surface area contributed by atoms with Crippen LogP contribution in [0.3, 0.4) is 0 Å². The van der Waals surface area contributed by atoms with Crippen molar-refractivity contribution in [3.8, 4) is 5.69 Å². The van der Waals surface area contributed by atoms with E-state index in [-0.39, 0.29) is 0 Å². The molecular weight excluding hydrogens is 260 g/mol. The molecule has 6 nitrogen and oxygen atoms in total. The quantitative estimate of drug-likeness (QED) is 0.762. The third-order valence-electron chi connectivity index (χ3n) is 2.46. The van der Waals surface area contributed by atoms with Gasteiger partial charge >= 0.3 is 0 Å². The number of hydrogen-bond donors (Lipinski definition) is 2. The summed E-state index contributed by atoms with van der Waals surface area (Å²) < 4.78 is 5.94. The van der Waals surface area contributed by atoms with E-state index in [9.17, 15) is 0 Å². The van der Waals surface area contributed by atoms with Crippen LogP contribution in [0.25, 0.3) is 5.69 Å². The van der Waals surface area contributed by atoms with Crippen molar-refractivity contribution < 1.29 is 0 Å². The molecule has 7 heteroatoms. The molecule has 0 aliphatic carbocycles. The number of nitrogens with one attached hydrogen (secondary N) is 2. The zero-order valence-corrected chi connectivity index (χ0v) is 10.6. The molecular formula is C12H10N6S. The van der Waals surface area contributed by atoms with Gasteiger partial charge in [0.15, 0.2) is 0 Å². The number of hydrogen-bond acceptors (Lipinski definition) is 6. The summed E-state index contributed by atoms with van der Waals surface area (Å²) in [5, 5.41) is 11.1. The van der Waals surface area contributed by atoms with Crippen molar-refractivity contribution in [2.45, 2.75) is 0 Å². The van der Waals surface area contributed by atoms with E-state index in [1.54, 1.807) is 29.4 Å². The first-order chi connectivity index (χ1) is 9.34. The van der Waals surface area contributed by atoms with E-state index in [1.165, 1.54) is 0 Å². The minimum atomic E-state index is 0.333. The van der Waals surface area contributed by atoms with Crippen LogP contribution in [0.4, 0.5) is 11.6 Å². The van der Waals surface area contributed by atoms with Crippen LogP contribution in [0, 0.1) is 5.41 Å². The van der Waals surface area contributed by atoms with Crippen LogP contribution in [0.15, 0.2) is 49.1 Å². The molecule has 3 heterocycles. The van der Waals surface area contributed by atoms with Gasteiger partial charge in [-0.1, -0.05) is 0 Å². The molecule has 0 spiro atoms. The standard InChI is InChI=1S/C12H10N6S/c13-11-18(10-4-2-6-15-8-10)12(17-19-11)16-9-3-1-5-14-7-9/h1-8,13H,(H,16,17). The van der Waals surface area contributed by atoms with Crippen molar-refractivity contribution in [2.75, 3.05) is 5.32 Å². The molecule has 0 saturated carbocycles. The van der Waals surface area contributed by atoms with Gasteiger partial charge in [0.2, 0.25) is 10.7 Å². The van der Waals surface area contributed by atoms with Crippen LogP contribution >= 0.6 is 11.5 Å². The van der Waals surface area contributed by atoms with Gasteiger partial charge in [-0.25, -0.2) is 0 Å². The first-order valence-corrected chi connectivity index (χ1v) is 6.33. The van der Waals surface area contributed by atoms with Crippen molar-refractivity contribution in [3.05, 3.63) is 53.9 Å². The molecule has 0 fully saturated rings. The van der Waals surface area contributed by atoms with Crippen LogP contribution in [-0.4, -0.2) is 18.9 Å². The molecule has 0 aliphatic heterocycles. The molecule has 0 atom stereocenters. The second-order valence-corrected chi connectivity index (χ2v) is 4.48. The fourth-order valence-electron chi connectivity index (χ4n) is 1.63. The summed E-state index contributed by atoms with van der Waals surface area (Å²) in [7, 11) is 0. The van der Waals surface area contributed by atoms with E-state index < -0.39 is 0 Å². The van der Waals surface area contributed by atoms with Crippen molar-refractivity contribution in [1.29, 1.82) is 5.41 Å². The number of rotatable bonds is 3. The normalized spacial score (nSPS) is 10.3. The van der Waals surface area contributed by atoms with E-state index in [4.69, 9.17) is 5.41 Å². The highest BCUT2D eigenvalue weighted by molar-refractivity contribution is 7.03. The number of anilines is 2. The number of aromatic nitrogens is 4. The van der Waals surface area contributed by atoms with Crippen LogP contribution in [0.1, 0.15) is 0 Å². The van der Waals surface area contributed by atoms with Gasteiger partial charge in [0.05, 0.1) is 23.8 Å². The summed E-state index contributed by atoms with van der Waals surface area (Å²) in [4.78, 5) is 8.43. The van der Waals surface area contributed by atoms with Gasteiger partial charge in [0, 0.05) is 23.9 Å². The van der Waals surface area contributed by atoms with Crippen molar-refractivity contribution in [1.82, 2.24) is 18.9 Å². The molecule has 2 N–H and O–H groups in total. The Bertz CT molecular complexity index is 719. The average molecular weight is 270 g/mol. The third-order valence-corrected chi connectivity index (χ3v) is 3.08. The van der Waals surface area contributed by atoms with E-state index in [1.807, 2.05) is 24.3 Å². The fraction of sp³-hybridized carbons (Fsp3) is 0. The predicted molar refractivity (Wildman–Crippen MR) is 72.6 cm³/mol. The maximum Gasteiger partial charge on any atom is 0.225 e. The number of pyridine rings is 2. The first kappa shape index (κ1) is 11.5. The molecule has 0 unspecified atom stereocenters. The van der Waals surface area contributed by atoms with Gasteiger partial charge in [-0.2, -0.15) is 4.37 Å². The Morgan fingerprint density at radius 1 is 1.11 bits per heavy atom. The molecule has 3 aromatic heterocycles. The molecule has 94 valence electrons. The zero-order chi connectivity index (χ0) is 13.1. The topological polar surface area (TPSA) is 79.5 Å². The van der Waals surface area contributed by atoms with Crippen molar-refractivity contribution in [3.63, 3.8) is 0 Å². The fourth-order valence-corrected chi connectivity index (χ4v) is 2.21.